The summed E-state index contributed by atoms with van der Waals surface area (Å²) in [5.74, 6) is 0.944. The Labute approximate surface area is 184 Å². The lowest BCUT2D eigenvalue weighted by atomic mass is 10.1. The number of carbonyl (C=O) groups excluding carboxylic acids is 1. The number of piperazine rings is 1. The lowest BCUT2D eigenvalue weighted by Crippen LogP contribution is -2.52. The summed E-state index contributed by atoms with van der Waals surface area (Å²) >= 11 is 6.13. The first-order valence-electron chi connectivity index (χ1n) is 10.2. The summed E-state index contributed by atoms with van der Waals surface area (Å²) < 4.78 is 0. The number of hydrogen-bond acceptors (Lipinski definition) is 3. The second-order valence-corrected chi connectivity index (χ2v) is 8.01. The van der Waals surface area contributed by atoms with Crippen LogP contribution >= 0.6 is 11.6 Å². The van der Waals surface area contributed by atoms with Gasteiger partial charge in [0.2, 0.25) is 0 Å². The molecule has 1 saturated heterocycles. The van der Waals surface area contributed by atoms with Gasteiger partial charge in [0.15, 0.2) is 5.96 Å². The van der Waals surface area contributed by atoms with Crippen molar-refractivity contribution in [2.24, 2.45) is 4.99 Å². The maximum absolute atomic E-state index is 12.2. The number of carbonyl (C=O) groups is 1. The molecule has 0 spiro atoms. The van der Waals surface area contributed by atoms with Crippen LogP contribution in [-0.4, -0.2) is 75.5 Å². The highest BCUT2D eigenvalue weighted by atomic mass is 35.5. The van der Waals surface area contributed by atoms with Crippen LogP contribution in [0.1, 0.15) is 15.9 Å². The molecule has 0 saturated carbocycles. The molecule has 0 unspecified atom stereocenters. The van der Waals surface area contributed by atoms with Crippen molar-refractivity contribution in [1.29, 1.82) is 0 Å². The highest BCUT2D eigenvalue weighted by Crippen LogP contribution is 2.20. The zero-order chi connectivity index (χ0) is 21.5. The van der Waals surface area contributed by atoms with Crippen molar-refractivity contribution in [3.8, 4) is 0 Å². The van der Waals surface area contributed by atoms with Gasteiger partial charge in [-0.15, -0.1) is 0 Å². The predicted octanol–water partition coefficient (Wildman–Crippen LogP) is 2.98. The molecule has 1 N–H and O–H groups in total. The van der Waals surface area contributed by atoms with E-state index in [4.69, 9.17) is 11.6 Å². The molecule has 0 aromatic heterocycles. The molecule has 1 aliphatic rings. The van der Waals surface area contributed by atoms with Crippen molar-refractivity contribution >= 4 is 29.2 Å². The zero-order valence-electron chi connectivity index (χ0n) is 17.9. The molecule has 3 rings (SSSR count). The van der Waals surface area contributed by atoms with Gasteiger partial charge in [0.05, 0.1) is 0 Å². The average molecular weight is 428 g/mol. The average Bonchev–Trinajstić information content (AvgIpc) is 2.76. The van der Waals surface area contributed by atoms with Gasteiger partial charge in [0.1, 0.15) is 0 Å². The molecule has 1 amide bonds. The van der Waals surface area contributed by atoms with Crippen LogP contribution in [0.5, 0.6) is 0 Å². The SMILES string of the molecule is CN=C(NCCc1cccc(C(=O)N(C)C)c1)N1CCN(c2cccc(Cl)c2)CC1. The van der Waals surface area contributed by atoms with Gasteiger partial charge in [-0.1, -0.05) is 29.8 Å². The second kappa shape index (κ2) is 10.3. The number of anilines is 1. The Kier molecular flexibility index (Phi) is 7.57. The van der Waals surface area contributed by atoms with E-state index in [2.05, 4.69) is 32.2 Å². The van der Waals surface area contributed by atoms with E-state index in [1.54, 1.807) is 19.0 Å². The van der Waals surface area contributed by atoms with E-state index in [0.717, 1.165) is 66.9 Å². The molecule has 1 heterocycles. The number of guanidine groups is 1. The van der Waals surface area contributed by atoms with Gasteiger partial charge in [0, 0.05) is 70.1 Å². The van der Waals surface area contributed by atoms with Crippen LogP contribution in [0.25, 0.3) is 0 Å². The van der Waals surface area contributed by atoms with Crippen LogP contribution in [-0.2, 0) is 6.42 Å². The fourth-order valence-electron chi connectivity index (χ4n) is 3.62. The van der Waals surface area contributed by atoms with Crippen molar-refractivity contribution in [3.05, 3.63) is 64.7 Å². The first kappa shape index (κ1) is 22.0. The molecular weight excluding hydrogens is 398 g/mol. The van der Waals surface area contributed by atoms with Crippen molar-refractivity contribution < 1.29 is 4.79 Å². The Hall–Kier alpha value is -2.73. The van der Waals surface area contributed by atoms with Crippen LogP contribution in [0.3, 0.4) is 0 Å². The molecule has 0 bridgehead atoms. The van der Waals surface area contributed by atoms with Gasteiger partial charge >= 0.3 is 0 Å². The van der Waals surface area contributed by atoms with Gasteiger partial charge in [-0.3, -0.25) is 9.79 Å². The fourth-order valence-corrected chi connectivity index (χ4v) is 3.80. The van der Waals surface area contributed by atoms with Crippen LogP contribution in [0.2, 0.25) is 5.02 Å². The summed E-state index contributed by atoms with van der Waals surface area (Å²) in [6, 6.07) is 15.8. The quantitative estimate of drug-likeness (QED) is 0.588. The van der Waals surface area contributed by atoms with Crippen LogP contribution < -0.4 is 10.2 Å². The predicted molar refractivity (Wildman–Crippen MR) is 125 cm³/mol. The summed E-state index contributed by atoms with van der Waals surface area (Å²) in [6.45, 7) is 4.42. The van der Waals surface area contributed by atoms with Crippen molar-refractivity contribution in [1.82, 2.24) is 15.1 Å². The summed E-state index contributed by atoms with van der Waals surface area (Å²) in [6.07, 6.45) is 0.829. The molecule has 1 fully saturated rings. The van der Waals surface area contributed by atoms with Gasteiger partial charge in [-0.2, -0.15) is 0 Å². The Bertz CT molecular complexity index is 891. The van der Waals surface area contributed by atoms with Gasteiger partial charge < -0.3 is 20.0 Å². The Morgan fingerprint density at radius 2 is 1.83 bits per heavy atom. The molecule has 0 atom stereocenters. The van der Waals surface area contributed by atoms with E-state index in [0.29, 0.717) is 0 Å². The van der Waals surface area contributed by atoms with Crippen molar-refractivity contribution in [2.45, 2.75) is 6.42 Å². The first-order chi connectivity index (χ1) is 14.5. The molecule has 2 aromatic rings. The number of rotatable bonds is 5. The van der Waals surface area contributed by atoms with Crippen LogP contribution in [0.15, 0.2) is 53.5 Å². The minimum atomic E-state index is 0.0261. The molecule has 30 heavy (non-hydrogen) atoms. The van der Waals surface area contributed by atoms with Crippen LogP contribution in [0, 0.1) is 0 Å². The van der Waals surface area contributed by atoms with Gasteiger partial charge in [-0.25, -0.2) is 0 Å². The molecule has 1 aliphatic heterocycles. The Balaban J connectivity index is 1.50. The third-order valence-corrected chi connectivity index (χ3v) is 5.48. The lowest BCUT2D eigenvalue weighted by Gasteiger charge is -2.37. The number of hydrogen-bond donors (Lipinski definition) is 1. The van der Waals surface area contributed by atoms with Crippen LogP contribution in [0.4, 0.5) is 5.69 Å². The number of amides is 1. The topological polar surface area (TPSA) is 51.2 Å². The fraction of sp³-hybridized carbons (Fsp3) is 0.391. The summed E-state index contributed by atoms with van der Waals surface area (Å²) in [5, 5.41) is 4.23. The van der Waals surface area contributed by atoms with Gasteiger partial charge in [-0.05, 0) is 42.3 Å². The molecule has 6 nitrogen and oxygen atoms in total. The first-order valence-corrected chi connectivity index (χ1v) is 10.6. The van der Waals surface area contributed by atoms with Crippen molar-refractivity contribution in [3.63, 3.8) is 0 Å². The van der Waals surface area contributed by atoms with E-state index < -0.39 is 0 Å². The third kappa shape index (κ3) is 5.66. The summed E-state index contributed by atoms with van der Waals surface area (Å²) in [5.41, 5.74) is 3.02. The van der Waals surface area contributed by atoms with E-state index in [1.165, 1.54) is 0 Å². The summed E-state index contributed by atoms with van der Waals surface area (Å²) in [7, 11) is 5.36. The largest absolute Gasteiger partial charge is 0.368 e. The monoisotopic (exact) mass is 427 g/mol. The number of nitrogens with zero attached hydrogens (tertiary/aromatic N) is 4. The maximum Gasteiger partial charge on any atom is 0.253 e. The molecule has 160 valence electrons. The standard InChI is InChI=1S/C23H30ClN5O/c1-25-23(26-11-10-18-6-4-7-19(16-18)22(30)27(2)3)29-14-12-28(13-15-29)21-9-5-8-20(24)17-21/h4-9,16-17H,10-15H2,1-3H3,(H,25,26). The lowest BCUT2D eigenvalue weighted by molar-refractivity contribution is 0.0827. The number of benzene rings is 2. The van der Waals surface area contributed by atoms with E-state index >= 15 is 0 Å². The van der Waals surface area contributed by atoms with E-state index in [-0.39, 0.29) is 5.91 Å². The summed E-state index contributed by atoms with van der Waals surface area (Å²) in [4.78, 5) is 22.8. The highest BCUT2D eigenvalue weighted by molar-refractivity contribution is 6.30. The van der Waals surface area contributed by atoms with Crippen molar-refractivity contribution in [2.75, 3.05) is 58.8 Å². The normalized spacial score (nSPS) is 14.6. The van der Waals surface area contributed by atoms with E-state index in [9.17, 15) is 4.79 Å². The van der Waals surface area contributed by atoms with Gasteiger partial charge in [0.25, 0.3) is 5.91 Å². The number of halogens is 1. The minimum absolute atomic E-state index is 0.0261. The molecular formula is C23H30ClN5O. The second-order valence-electron chi connectivity index (χ2n) is 7.58. The molecule has 7 heteroatoms. The van der Waals surface area contributed by atoms with E-state index in [1.807, 2.05) is 43.4 Å². The Morgan fingerprint density at radius 1 is 1.10 bits per heavy atom. The molecule has 0 aliphatic carbocycles. The Morgan fingerprint density at radius 3 is 2.50 bits per heavy atom. The minimum Gasteiger partial charge on any atom is -0.368 e. The number of nitrogens with one attached hydrogen (secondary N) is 1. The smallest absolute Gasteiger partial charge is 0.253 e. The highest BCUT2D eigenvalue weighted by Gasteiger charge is 2.20. The maximum atomic E-state index is 12.2. The molecule has 0 radical (unpaired) electrons. The third-order valence-electron chi connectivity index (χ3n) is 5.24. The zero-order valence-corrected chi connectivity index (χ0v) is 18.7. The number of aliphatic imine (C=N–C) groups is 1. The molecule has 2 aromatic carbocycles.